The number of hydrogen-bond acceptors (Lipinski definition) is 2. The van der Waals surface area contributed by atoms with Gasteiger partial charge in [0.25, 0.3) is 0 Å². The molecular weight excluding hydrogens is 182 g/mol. The highest BCUT2D eigenvalue weighted by atomic mass is 16.4. The van der Waals surface area contributed by atoms with Gasteiger partial charge in [-0.1, -0.05) is 13.8 Å². The number of carbonyl (C=O) groups is 2. The van der Waals surface area contributed by atoms with Crippen molar-refractivity contribution in [1.29, 1.82) is 0 Å². The van der Waals surface area contributed by atoms with Gasteiger partial charge in [0.15, 0.2) is 0 Å². The van der Waals surface area contributed by atoms with Gasteiger partial charge in [0.1, 0.15) is 0 Å². The van der Waals surface area contributed by atoms with Crippen LogP contribution in [0, 0.1) is 5.41 Å². The molecular formula is C10H17NO3. The molecule has 1 aliphatic heterocycles. The van der Waals surface area contributed by atoms with Crippen LogP contribution in [-0.4, -0.2) is 35.0 Å². The average Bonchev–Trinajstić information content (AvgIpc) is 2.16. The smallest absolute Gasteiger partial charge is 0.394 e. The Kier molecular flexibility index (Phi) is 3.13. The molecule has 1 atom stereocenters. The van der Waals surface area contributed by atoms with E-state index in [0.29, 0.717) is 13.1 Å². The second kappa shape index (κ2) is 3.98. The molecule has 1 rings (SSSR count). The monoisotopic (exact) mass is 199 g/mol. The molecule has 1 N–H and O–H groups in total. The topological polar surface area (TPSA) is 57.6 Å². The van der Waals surface area contributed by atoms with Crippen LogP contribution in [0.3, 0.4) is 0 Å². The summed E-state index contributed by atoms with van der Waals surface area (Å²) in [5.41, 5.74) is 0.101. The van der Waals surface area contributed by atoms with Gasteiger partial charge in [-0.25, -0.2) is 4.79 Å². The van der Waals surface area contributed by atoms with Crippen molar-refractivity contribution in [3.63, 3.8) is 0 Å². The number of aliphatic carboxylic acids is 1. The molecule has 14 heavy (non-hydrogen) atoms. The highest BCUT2D eigenvalue weighted by molar-refractivity contribution is 6.31. The van der Waals surface area contributed by atoms with E-state index in [4.69, 9.17) is 5.11 Å². The fraction of sp³-hybridized carbons (Fsp3) is 0.800. The highest BCUT2D eigenvalue weighted by Gasteiger charge is 2.33. The Bertz CT molecular complexity index is 252. The molecule has 1 saturated heterocycles. The molecule has 1 aliphatic rings. The van der Waals surface area contributed by atoms with Crippen LogP contribution in [0.25, 0.3) is 0 Å². The van der Waals surface area contributed by atoms with Crippen molar-refractivity contribution in [2.45, 2.75) is 33.1 Å². The summed E-state index contributed by atoms with van der Waals surface area (Å²) >= 11 is 0. The number of nitrogens with zero attached hydrogens (tertiary/aromatic N) is 1. The van der Waals surface area contributed by atoms with Crippen LogP contribution in [0.1, 0.15) is 33.1 Å². The van der Waals surface area contributed by atoms with Crippen LogP contribution in [0.4, 0.5) is 0 Å². The van der Waals surface area contributed by atoms with Crippen LogP contribution in [-0.2, 0) is 9.59 Å². The van der Waals surface area contributed by atoms with Gasteiger partial charge < -0.3 is 10.0 Å². The van der Waals surface area contributed by atoms with Crippen molar-refractivity contribution in [2.24, 2.45) is 5.41 Å². The minimum Gasteiger partial charge on any atom is -0.474 e. The molecule has 1 fully saturated rings. The maximum Gasteiger partial charge on any atom is 0.394 e. The van der Waals surface area contributed by atoms with Gasteiger partial charge in [0, 0.05) is 13.1 Å². The molecule has 1 amide bonds. The Labute approximate surface area is 83.9 Å². The number of rotatable bonds is 1. The Morgan fingerprint density at radius 2 is 2.14 bits per heavy atom. The SMILES string of the molecule is CCC1(C)CCCN(C(=O)C(=O)O)C1. The molecule has 0 aliphatic carbocycles. The van der Waals surface area contributed by atoms with E-state index in [0.717, 1.165) is 19.3 Å². The fourth-order valence-electron chi connectivity index (χ4n) is 1.91. The van der Waals surface area contributed by atoms with Gasteiger partial charge in [-0.15, -0.1) is 0 Å². The number of carbonyl (C=O) groups excluding carboxylic acids is 1. The molecule has 0 radical (unpaired) electrons. The number of amides is 1. The first kappa shape index (κ1) is 11.0. The van der Waals surface area contributed by atoms with E-state index in [-0.39, 0.29) is 5.41 Å². The summed E-state index contributed by atoms with van der Waals surface area (Å²) in [6.45, 7) is 5.35. The third-order valence-electron chi connectivity index (χ3n) is 3.10. The van der Waals surface area contributed by atoms with Crippen molar-refractivity contribution in [3.05, 3.63) is 0 Å². The normalized spacial score (nSPS) is 27.4. The summed E-state index contributed by atoms with van der Waals surface area (Å²) < 4.78 is 0. The molecule has 0 aromatic carbocycles. The quantitative estimate of drug-likeness (QED) is 0.643. The first-order chi connectivity index (χ1) is 6.48. The van der Waals surface area contributed by atoms with Gasteiger partial charge in [0.05, 0.1) is 0 Å². The van der Waals surface area contributed by atoms with Gasteiger partial charge in [-0.2, -0.15) is 0 Å². The third-order valence-corrected chi connectivity index (χ3v) is 3.10. The second-order valence-corrected chi connectivity index (χ2v) is 4.30. The summed E-state index contributed by atoms with van der Waals surface area (Å²) in [5, 5.41) is 8.59. The molecule has 1 heterocycles. The summed E-state index contributed by atoms with van der Waals surface area (Å²) in [6.07, 6.45) is 2.96. The van der Waals surface area contributed by atoms with Crippen LogP contribution in [0.15, 0.2) is 0 Å². The lowest BCUT2D eigenvalue weighted by molar-refractivity contribution is -0.157. The van der Waals surface area contributed by atoms with Crippen LogP contribution in [0.2, 0.25) is 0 Å². The predicted molar refractivity (Wildman–Crippen MR) is 51.8 cm³/mol. The minimum absolute atomic E-state index is 0.101. The first-order valence-electron chi connectivity index (χ1n) is 5.01. The molecule has 4 nitrogen and oxygen atoms in total. The average molecular weight is 199 g/mol. The molecule has 0 spiro atoms. The summed E-state index contributed by atoms with van der Waals surface area (Å²) in [7, 11) is 0. The van der Waals surface area contributed by atoms with E-state index < -0.39 is 11.9 Å². The molecule has 0 bridgehead atoms. The van der Waals surface area contributed by atoms with E-state index in [9.17, 15) is 9.59 Å². The number of piperidine rings is 1. The fourth-order valence-corrected chi connectivity index (χ4v) is 1.91. The summed E-state index contributed by atoms with van der Waals surface area (Å²) in [6, 6.07) is 0. The van der Waals surface area contributed by atoms with E-state index in [1.165, 1.54) is 4.90 Å². The van der Waals surface area contributed by atoms with Crippen molar-refractivity contribution >= 4 is 11.9 Å². The van der Waals surface area contributed by atoms with E-state index in [1.807, 2.05) is 0 Å². The Hall–Kier alpha value is -1.06. The van der Waals surface area contributed by atoms with Gasteiger partial charge in [-0.3, -0.25) is 4.79 Å². The van der Waals surface area contributed by atoms with Crippen LogP contribution < -0.4 is 0 Å². The molecule has 1 unspecified atom stereocenters. The van der Waals surface area contributed by atoms with Crippen LogP contribution >= 0.6 is 0 Å². The van der Waals surface area contributed by atoms with Crippen molar-refractivity contribution in [1.82, 2.24) is 4.90 Å². The van der Waals surface area contributed by atoms with Crippen molar-refractivity contribution < 1.29 is 14.7 Å². The molecule has 0 aromatic rings. The second-order valence-electron chi connectivity index (χ2n) is 4.30. The van der Waals surface area contributed by atoms with Crippen LogP contribution in [0.5, 0.6) is 0 Å². The number of likely N-dealkylation sites (tertiary alicyclic amines) is 1. The van der Waals surface area contributed by atoms with E-state index >= 15 is 0 Å². The minimum atomic E-state index is -1.34. The zero-order valence-corrected chi connectivity index (χ0v) is 8.75. The zero-order valence-electron chi connectivity index (χ0n) is 8.75. The lowest BCUT2D eigenvalue weighted by Crippen LogP contribution is -2.47. The highest BCUT2D eigenvalue weighted by Crippen LogP contribution is 2.32. The molecule has 0 saturated carbocycles. The van der Waals surface area contributed by atoms with Gasteiger partial charge in [0.2, 0.25) is 0 Å². The molecule has 80 valence electrons. The Balaban J connectivity index is 2.65. The van der Waals surface area contributed by atoms with Crippen molar-refractivity contribution in [2.75, 3.05) is 13.1 Å². The third kappa shape index (κ3) is 2.25. The summed E-state index contributed by atoms with van der Waals surface area (Å²) in [5.74, 6) is -2.10. The molecule has 0 aromatic heterocycles. The van der Waals surface area contributed by atoms with E-state index in [1.54, 1.807) is 0 Å². The number of carboxylic acid groups (broad SMARTS) is 1. The van der Waals surface area contributed by atoms with E-state index in [2.05, 4.69) is 13.8 Å². The predicted octanol–water partition coefficient (Wildman–Crippen LogP) is 1.11. The number of hydrogen-bond donors (Lipinski definition) is 1. The van der Waals surface area contributed by atoms with Gasteiger partial charge in [-0.05, 0) is 24.7 Å². The largest absolute Gasteiger partial charge is 0.474 e. The summed E-state index contributed by atoms with van der Waals surface area (Å²) in [4.78, 5) is 23.2. The standard InChI is InChI=1S/C10H17NO3/c1-3-10(2)5-4-6-11(7-10)8(12)9(13)14/h3-7H2,1-2H3,(H,13,14). The number of carboxylic acids is 1. The maximum atomic E-state index is 11.2. The lowest BCUT2D eigenvalue weighted by atomic mass is 9.79. The molecule has 4 heteroatoms. The lowest BCUT2D eigenvalue weighted by Gasteiger charge is -2.39. The van der Waals surface area contributed by atoms with Gasteiger partial charge >= 0.3 is 11.9 Å². The Morgan fingerprint density at radius 3 is 2.64 bits per heavy atom. The maximum absolute atomic E-state index is 11.2. The Morgan fingerprint density at radius 1 is 1.50 bits per heavy atom. The van der Waals surface area contributed by atoms with Crippen molar-refractivity contribution in [3.8, 4) is 0 Å². The first-order valence-corrected chi connectivity index (χ1v) is 5.01. The zero-order chi connectivity index (χ0) is 10.8.